The molecule has 0 aromatic heterocycles. The van der Waals surface area contributed by atoms with Crippen LogP contribution in [0.1, 0.15) is 51.4 Å². The molecule has 1 heterocycles. The van der Waals surface area contributed by atoms with E-state index in [1.54, 1.807) is 55.1 Å². The van der Waals surface area contributed by atoms with Crippen LogP contribution in [0.2, 0.25) is 0 Å². The number of fused-ring (bicyclic) bond motifs is 1. The Kier molecular flexibility index (Phi) is 7.28. The summed E-state index contributed by atoms with van der Waals surface area (Å²) in [4.78, 5) is 29.0. The SMILES string of the molecule is [2H]C1([2H])c2cc(OC)ccc2SCCN1C([2H])(C)c1ccc(C(=O)OCCCCO[N+](=O)[O-])cc1. The fraction of sp³-hybridized carbons (Fsp3) is 0.435. The topological polar surface area (TPSA) is 91.1 Å². The number of unbranched alkanes of at least 4 members (excludes halogenated alkanes) is 1. The van der Waals surface area contributed by atoms with Crippen LogP contribution in [0.5, 0.6) is 5.75 Å². The van der Waals surface area contributed by atoms with Gasteiger partial charge >= 0.3 is 5.97 Å². The summed E-state index contributed by atoms with van der Waals surface area (Å²) in [5.41, 5.74) is 1.29. The molecule has 32 heavy (non-hydrogen) atoms. The lowest BCUT2D eigenvalue weighted by Crippen LogP contribution is -2.28. The van der Waals surface area contributed by atoms with Crippen LogP contribution in [0.15, 0.2) is 47.4 Å². The van der Waals surface area contributed by atoms with Gasteiger partial charge in [0, 0.05) is 32.4 Å². The highest BCUT2D eigenvalue weighted by Gasteiger charge is 2.21. The number of benzene rings is 2. The molecule has 9 heteroatoms. The summed E-state index contributed by atoms with van der Waals surface area (Å²) in [6.07, 6.45) is 0.812. The van der Waals surface area contributed by atoms with Crippen molar-refractivity contribution in [2.24, 2.45) is 0 Å². The lowest BCUT2D eigenvalue weighted by atomic mass is 10.0. The lowest BCUT2D eigenvalue weighted by molar-refractivity contribution is -0.757. The predicted molar refractivity (Wildman–Crippen MR) is 121 cm³/mol. The molecular weight excluding hydrogens is 432 g/mol. The molecular formula is C23H28N2O6S. The maximum absolute atomic E-state index is 12.3. The van der Waals surface area contributed by atoms with Crippen LogP contribution in [-0.4, -0.2) is 48.6 Å². The Bertz CT molecular complexity index is 1050. The number of esters is 1. The summed E-state index contributed by atoms with van der Waals surface area (Å²) in [6, 6.07) is 10.3. The van der Waals surface area contributed by atoms with Gasteiger partial charge in [0.1, 0.15) is 5.75 Å². The number of nitrogens with zero attached hydrogens (tertiary/aromatic N) is 2. The molecule has 172 valence electrons. The number of rotatable bonds is 10. The minimum atomic E-state index is -1.93. The molecule has 0 bridgehead atoms. The number of hydrogen-bond donors (Lipinski definition) is 0. The Balaban J connectivity index is 1.71. The fourth-order valence-corrected chi connectivity index (χ4v) is 4.06. The van der Waals surface area contributed by atoms with Crippen LogP contribution in [0.3, 0.4) is 0 Å². The highest BCUT2D eigenvalue weighted by molar-refractivity contribution is 7.99. The molecule has 1 aliphatic heterocycles. The highest BCUT2D eigenvalue weighted by atomic mass is 32.2. The van der Waals surface area contributed by atoms with Gasteiger partial charge in [-0.25, -0.2) is 4.79 Å². The molecule has 0 spiro atoms. The van der Waals surface area contributed by atoms with Crippen molar-refractivity contribution in [3.8, 4) is 5.75 Å². The lowest BCUT2D eigenvalue weighted by Gasteiger charge is -2.28. The summed E-state index contributed by atoms with van der Waals surface area (Å²) >= 11 is 1.54. The number of carbonyl (C=O) groups excluding carboxylic acids is 1. The van der Waals surface area contributed by atoms with Crippen LogP contribution in [0.4, 0.5) is 0 Å². The van der Waals surface area contributed by atoms with E-state index >= 15 is 0 Å². The quantitative estimate of drug-likeness (QED) is 0.220. The van der Waals surface area contributed by atoms with Gasteiger partial charge in [-0.05, 0) is 61.2 Å². The van der Waals surface area contributed by atoms with Gasteiger partial charge in [0.2, 0.25) is 0 Å². The van der Waals surface area contributed by atoms with Crippen LogP contribution < -0.4 is 4.74 Å². The molecule has 0 aliphatic carbocycles. The molecule has 0 saturated carbocycles. The fourth-order valence-electron chi connectivity index (χ4n) is 3.14. The Labute approximate surface area is 196 Å². The Morgan fingerprint density at radius 1 is 1.28 bits per heavy atom. The van der Waals surface area contributed by atoms with Crippen LogP contribution in [0, 0.1) is 10.1 Å². The van der Waals surface area contributed by atoms with Gasteiger partial charge in [-0.1, -0.05) is 12.1 Å². The second kappa shape index (κ2) is 11.7. The molecule has 1 atom stereocenters. The van der Waals surface area contributed by atoms with Gasteiger partial charge in [0.25, 0.3) is 5.09 Å². The van der Waals surface area contributed by atoms with Crippen molar-refractivity contribution in [1.29, 1.82) is 0 Å². The third-order valence-electron chi connectivity index (χ3n) is 4.93. The van der Waals surface area contributed by atoms with E-state index in [-0.39, 0.29) is 13.2 Å². The summed E-state index contributed by atoms with van der Waals surface area (Å²) in [5.74, 6) is 0.626. The molecule has 0 amide bonds. The summed E-state index contributed by atoms with van der Waals surface area (Å²) in [5, 5.41) is 9.25. The van der Waals surface area contributed by atoms with Gasteiger partial charge in [-0.15, -0.1) is 21.9 Å². The van der Waals surface area contributed by atoms with Gasteiger partial charge in [-0.2, -0.15) is 0 Å². The number of carbonyl (C=O) groups is 1. The zero-order chi connectivity index (χ0) is 25.6. The molecule has 0 fully saturated rings. The van der Waals surface area contributed by atoms with Crippen LogP contribution >= 0.6 is 11.8 Å². The number of methoxy groups -OCH3 is 1. The molecule has 2 aromatic carbocycles. The maximum Gasteiger partial charge on any atom is 0.338 e. The van der Waals surface area contributed by atoms with Crippen molar-refractivity contribution in [3.05, 3.63) is 69.3 Å². The molecule has 0 saturated heterocycles. The predicted octanol–water partition coefficient (Wildman–Crippen LogP) is 4.51. The first-order chi connectivity index (χ1) is 16.6. The van der Waals surface area contributed by atoms with Crippen LogP contribution in [0.25, 0.3) is 0 Å². The summed E-state index contributed by atoms with van der Waals surface area (Å²) < 4.78 is 37.4. The second-order valence-corrected chi connectivity index (χ2v) is 8.17. The van der Waals surface area contributed by atoms with Gasteiger partial charge in [0.15, 0.2) is 0 Å². The standard InChI is InChI=1S/C23H28N2O6S/c1-17(24-11-14-32-22-10-9-21(29-2)15-20(22)16-24)18-5-7-19(8-6-18)23(26)30-12-3-4-13-31-25(27)28/h5-10,15,17H,3-4,11-14,16H2,1-2H3/i16D2,17D. The molecule has 1 aliphatic rings. The molecule has 0 radical (unpaired) electrons. The monoisotopic (exact) mass is 463 g/mol. The smallest absolute Gasteiger partial charge is 0.338 e. The van der Waals surface area contributed by atoms with Crippen molar-refractivity contribution in [3.63, 3.8) is 0 Å². The minimum Gasteiger partial charge on any atom is -0.497 e. The number of ether oxygens (including phenoxy) is 2. The third kappa shape index (κ3) is 6.61. The van der Waals surface area contributed by atoms with E-state index < -0.39 is 23.6 Å². The van der Waals surface area contributed by atoms with E-state index in [1.165, 1.54) is 12.0 Å². The number of hydrogen-bond acceptors (Lipinski definition) is 8. The molecule has 3 rings (SSSR count). The van der Waals surface area contributed by atoms with Gasteiger partial charge < -0.3 is 14.3 Å². The van der Waals surface area contributed by atoms with E-state index in [0.29, 0.717) is 47.6 Å². The van der Waals surface area contributed by atoms with E-state index in [9.17, 15) is 14.9 Å². The normalized spacial score (nSPS) is 18.6. The van der Waals surface area contributed by atoms with Crippen molar-refractivity contribution in [2.45, 2.75) is 37.2 Å². The van der Waals surface area contributed by atoms with Crippen LogP contribution in [-0.2, 0) is 16.1 Å². The Morgan fingerprint density at radius 3 is 2.75 bits per heavy atom. The number of thioether (sulfide) groups is 1. The molecule has 8 nitrogen and oxygen atoms in total. The maximum atomic E-state index is 12.3. The van der Waals surface area contributed by atoms with Crippen molar-refractivity contribution in [1.82, 2.24) is 4.90 Å². The highest BCUT2D eigenvalue weighted by Crippen LogP contribution is 2.33. The molecule has 2 aromatic rings. The first kappa shape index (κ1) is 19.9. The average Bonchev–Trinajstić information content (AvgIpc) is 2.96. The average molecular weight is 464 g/mol. The van der Waals surface area contributed by atoms with E-state index in [0.717, 1.165) is 4.90 Å². The first-order valence-corrected chi connectivity index (χ1v) is 11.2. The Hall–Kier alpha value is -2.78. The second-order valence-electron chi connectivity index (χ2n) is 7.04. The Morgan fingerprint density at radius 2 is 2.03 bits per heavy atom. The minimum absolute atomic E-state index is 0.0545. The third-order valence-corrected chi connectivity index (χ3v) is 5.98. The van der Waals surface area contributed by atoms with E-state index in [1.807, 2.05) is 6.07 Å². The zero-order valence-electron chi connectivity index (χ0n) is 21.0. The van der Waals surface area contributed by atoms with Crippen molar-refractivity contribution in [2.75, 3.05) is 32.6 Å². The zero-order valence-corrected chi connectivity index (χ0v) is 18.9. The first-order valence-electron chi connectivity index (χ1n) is 11.7. The van der Waals surface area contributed by atoms with E-state index in [4.69, 9.17) is 13.6 Å². The van der Waals surface area contributed by atoms with Crippen molar-refractivity contribution >= 4 is 17.7 Å². The van der Waals surface area contributed by atoms with E-state index in [2.05, 4.69) is 4.84 Å². The molecule has 0 N–H and O–H groups in total. The summed E-state index contributed by atoms with van der Waals surface area (Å²) in [6.45, 7) is 0.105. The van der Waals surface area contributed by atoms with Gasteiger partial charge in [0.05, 0.1) is 27.3 Å². The summed E-state index contributed by atoms with van der Waals surface area (Å²) in [7, 11) is 1.53. The molecule has 1 unspecified atom stereocenters. The van der Waals surface area contributed by atoms with Crippen molar-refractivity contribution < 1.29 is 28.3 Å². The largest absolute Gasteiger partial charge is 0.497 e. The van der Waals surface area contributed by atoms with Gasteiger partial charge in [-0.3, -0.25) is 4.90 Å².